The first kappa shape index (κ1) is 13.7. The summed E-state index contributed by atoms with van der Waals surface area (Å²) in [6.45, 7) is 0.440. The van der Waals surface area contributed by atoms with Gasteiger partial charge in [-0.25, -0.2) is 4.98 Å². The van der Waals surface area contributed by atoms with Crippen molar-refractivity contribution in [2.75, 3.05) is 32.2 Å². The van der Waals surface area contributed by atoms with Crippen molar-refractivity contribution < 1.29 is 14.9 Å². The molecule has 0 radical (unpaired) electrons. The molecule has 7 heteroatoms. The van der Waals surface area contributed by atoms with E-state index in [4.69, 9.17) is 9.84 Å². The lowest BCUT2D eigenvalue weighted by Crippen LogP contribution is -2.32. The second-order valence-corrected chi connectivity index (χ2v) is 4.36. The fourth-order valence-electron chi connectivity index (χ4n) is 1.91. The molecular weight excluding hydrogens is 248 g/mol. The van der Waals surface area contributed by atoms with Gasteiger partial charge in [0.25, 0.3) is 0 Å². The number of aromatic nitrogens is 3. The van der Waals surface area contributed by atoms with Crippen LogP contribution in [0.3, 0.4) is 0 Å². The number of hydrogen-bond acceptors (Lipinski definition) is 6. The largest absolute Gasteiger partial charge is 0.394 e. The summed E-state index contributed by atoms with van der Waals surface area (Å²) in [6, 6.07) is 3.66. The SMILES string of the molecule is COCc1cc(N(C)C[C@H](O)CO)n2nccc2n1. The Morgan fingerprint density at radius 3 is 3.00 bits per heavy atom. The van der Waals surface area contributed by atoms with Crippen molar-refractivity contribution in [1.29, 1.82) is 0 Å². The summed E-state index contributed by atoms with van der Waals surface area (Å²) < 4.78 is 6.77. The van der Waals surface area contributed by atoms with Crippen molar-refractivity contribution in [1.82, 2.24) is 14.6 Å². The Hall–Kier alpha value is -1.70. The number of methoxy groups -OCH3 is 1. The third-order valence-corrected chi connectivity index (χ3v) is 2.77. The second-order valence-electron chi connectivity index (χ2n) is 4.36. The Kier molecular flexibility index (Phi) is 4.31. The molecular formula is C12H18N4O3. The molecule has 0 saturated heterocycles. The van der Waals surface area contributed by atoms with Crippen LogP contribution < -0.4 is 4.90 Å². The van der Waals surface area contributed by atoms with Crippen LogP contribution in [0.4, 0.5) is 5.82 Å². The van der Waals surface area contributed by atoms with E-state index in [-0.39, 0.29) is 6.61 Å². The molecule has 0 bridgehead atoms. The highest BCUT2D eigenvalue weighted by molar-refractivity contribution is 5.50. The molecule has 2 aromatic heterocycles. The number of nitrogens with zero attached hydrogens (tertiary/aromatic N) is 4. The van der Waals surface area contributed by atoms with Gasteiger partial charge in [-0.2, -0.15) is 9.61 Å². The van der Waals surface area contributed by atoms with Gasteiger partial charge in [0.05, 0.1) is 31.2 Å². The normalized spacial score (nSPS) is 12.8. The van der Waals surface area contributed by atoms with Crippen molar-refractivity contribution in [3.05, 3.63) is 24.0 Å². The molecule has 0 aliphatic rings. The molecule has 2 aromatic rings. The molecule has 0 spiro atoms. The third-order valence-electron chi connectivity index (χ3n) is 2.77. The van der Waals surface area contributed by atoms with Crippen molar-refractivity contribution in [2.24, 2.45) is 0 Å². The van der Waals surface area contributed by atoms with Gasteiger partial charge in [0.2, 0.25) is 0 Å². The quantitative estimate of drug-likeness (QED) is 0.744. The summed E-state index contributed by atoms with van der Waals surface area (Å²) in [5.41, 5.74) is 1.51. The molecule has 19 heavy (non-hydrogen) atoms. The molecule has 7 nitrogen and oxygen atoms in total. The van der Waals surface area contributed by atoms with E-state index in [0.29, 0.717) is 13.2 Å². The molecule has 2 heterocycles. The summed E-state index contributed by atoms with van der Waals surface area (Å²) in [4.78, 5) is 6.23. The maximum atomic E-state index is 9.52. The maximum Gasteiger partial charge on any atom is 0.157 e. The number of fused-ring (bicyclic) bond motifs is 1. The predicted molar refractivity (Wildman–Crippen MR) is 70.1 cm³/mol. The molecule has 104 valence electrons. The van der Waals surface area contributed by atoms with Crippen LogP contribution in [0, 0.1) is 0 Å². The van der Waals surface area contributed by atoms with Crippen LogP contribution in [0.15, 0.2) is 18.3 Å². The van der Waals surface area contributed by atoms with Gasteiger partial charge in [-0.05, 0) is 0 Å². The van der Waals surface area contributed by atoms with Gasteiger partial charge in [-0.1, -0.05) is 0 Å². The van der Waals surface area contributed by atoms with Gasteiger partial charge in [-0.15, -0.1) is 0 Å². The third kappa shape index (κ3) is 3.01. The van der Waals surface area contributed by atoms with Crippen LogP contribution in [0.25, 0.3) is 5.65 Å². The molecule has 0 fully saturated rings. The lowest BCUT2D eigenvalue weighted by atomic mass is 10.3. The second kappa shape index (κ2) is 5.96. The maximum absolute atomic E-state index is 9.52. The summed E-state index contributed by atoms with van der Waals surface area (Å²) in [6.07, 6.45) is 0.869. The highest BCUT2D eigenvalue weighted by atomic mass is 16.5. The Morgan fingerprint density at radius 2 is 2.32 bits per heavy atom. The fraction of sp³-hybridized carbons (Fsp3) is 0.500. The summed E-state index contributed by atoms with van der Waals surface area (Å²) >= 11 is 0. The average Bonchev–Trinajstić information content (AvgIpc) is 2.86. The van der Waals surface area contributed by atoms with Gasteiger partial charge in [0.1, 0.15) is 5.82 Å². The summed E-state index contributed by atoms with van der Waals surface area (Å²) in [5.74, 6) is 0.787. The van der Waals surface area contributed by atoms with Crippen molar-refractivity contribution >= 4 is 11.5 Å². The first-order valence-corrected chi connectivity index (χ1v) is 5.98. The van der Waals surface area contributed by atoms with Gasteiger partial charge in [0, 0.05) is 32.8 Å². The molecule has 0 aliphatic heterocycles. The lowest BCUT2D eigenvalue weighted by molar-refractivity contribution is 0.101. The molecule has 2 rings (SSSR count). The Morgan fingerprint density at radius 1 is 1.53 bits per heavy atom. The molecule has 1 atom stereocenters. The van der Waals surface area contributed by atoms with Gasteiger partial charge >= 0.3 is 0 Å². The van der Waals surface area contributed by atoms with Crippen LogP contribution >= 0.6 is 0 Å². The number of aliphatic hydroxyl groups is 2. The summed E-state index contributed by atoms with van der Waals surface area (Å²) in [7, 11) is 3.44. The van der Waals surface area contributed by atoms with Gasteiger partial charge < -0.3 is 19.8 Å². The smallest absolute Gasteiger partial charge is 0.157 e. The minimum atomic E-state index is -0.797. The number of likely N-dealkylation sites (N-methyl/N-ethyl adjacent to an activating group) is 1. The number of hydrogen-bond donors (Lipinski definition) is 2. The number of ether oxygens (including phenoxy) is 1. The molecule has 0 unspecified atom stereocenters. The van der Waals surface area contributed by atoms with Crippen LogP contribution in [-0.2, 0) is 11.3 Å². The highest BCUT2D eigenvalue weighted by Crippen LogP contribution is 2.16. The van der Waals surface area contributed by atoms with E-state index in [1.54, 1.807) is 23.9 Å². The van der Waals surface area contributed by atoms with Crippen LogP contribution in [0.2, 0.25) is 0 Å². The molecule has 0 aromatic carbocycles. The Bertz CT molecular complexity index is 543. The summed E-state index contributed by atoms with van der Waals surface area (Å²) in [5, 5.41) is 22.6. The van der Waals surface area contributed by atoms with Crippen LogP contribution in [0.1, 0.15) is 5.69 Å². The van der Waals surface area contributed by atoms with E-state index in [2.05, 4.69) is 10.1 Å². The van der Waals surface area contributed by atoms with Crippen molar-refractivity contribution in [2.45, 2.75) is 12.7 Å². The van der Waals surface area contributed by atoms with E-state index in [0.717, 1.165) is 17.2 Å². The minimum Gasteiger partial charge on any atom is -0.394 e. The van der Waals surface area contributed by atoms with Crippen LogP contribution in [-0.4, -0.2) is 58.2 Å². The van der Waals surface area contributed by atoms with E-state index in [1.807, 2.05) is 18.0 Å². The Balaban J connectivity index is 2.36. The molecule has 0 aliphatic carbocycles. The van der Waals surface area contributed by atoms with E-state index in [9.17, 15) is 5.11 Å². The average molecular weight is 266 g/mol. The predicted octanol–water partition coefficient (Wildman–Crippen LogP) is -0.335. The zero-order chi connectivity index (χ0) is 13.8. The van der Waals surface area contributed by atoms with E-state index in [1.165, 1.54) is 0 Å². The lowest BCUT2D eigenvalue weighted by Gasteiger charge is -2.22. The van der Waals surface area contributed by atoms with Gasteiger partial charge in [0.15, 0.2) is 5.65 Å². The molecule has 0 saturated carbocycles. The highest BCUT2D eigenvalue weighted by Gasteiger charge is 2.13. The zero-order valence-corrected chi connectivity index (χ0v) is 11.0. The monoisotopic (exact) mass is 266 g/mol. The first-order chi connectivity index (χ1) is 9.15. The van der Waals surface area contributed by atoms with Gasteiger partial charge in [-0.3, -0.25) is 0 Å². The van der Waals surface area contributed by atoms with Crippen LogP contribution in [0.5, 0.6) is 0 Å². The number of rotatable bonds is 6. The standard InChI is InChI=1S/C12H18N4O3/c1-15(6-10(18)7-17)12-5-9(8-19-2)14-11-3-4-13-16(11)12/h3-5,10,17-18H,6-8H2,1-2H3/t10-/m0/s1. The topological polar surface area (TPSA) is 83.1 Å². The molecule has 2 N–H and O–H groups in total. The first-order valence-electron chi connectivity index (χ1n) is 5.98. The molecule has 0 amide bonds. The number of aliphatic hydroxyl groups excluding tert-OH is 2. The number of anilines is 1. The van der Waals surface area contributed by atoms with Crippen molar-refractivity contribution in [3.63, 3.8) is 0 Å². The van der Waals surface area contributed by atoms with E-state index >= 15 is 0 Å². The zero-order valence-electron chi connectivity index (χ0n) is 11.0. The fourth-order valence-corrected chi connectivity index (χ4v) is 1.91. The van der Waals surface area contributed by atoms with E-state index < -0.39 is 6.10 Å². The minimum absolute atomic E-state index is 0.275. The Labute approximate surface area is 111 Å². The van der Waals surface area contributed by atoms with Crippen molar-refractivity contribution in [3.8, 4) is 0 Å².